The van der Waals surface area contributed by atoms with Gasteiger partial charge in [0, 0.05) is 5.39 Å². The zero-order valence-corrected chi connectivity index (χ0v) is 11.2. The Morgan fingerprint density at radius 2 is 1.58 bits per heavy atom. The Hall–Kier alpha value is -1.86. The molecule has 0 spiro atoms. The number of fused-ring (bicyclic) bond motifs is 1. The van der Waals surface area contributed by atoms with Crippen LogP contribution in [0, 0.1) is 0 Å². The van der Waals surface area contributed by atoms with E-state index in [2.05, 4.69) is 29.2 Å². The summed E-state index contributed by atoms with van der Waals surface area (Å²) < 4.78 is 0. The minimum atomic E-state index is -0.0907. The van der Waals surface area contributed by atoms with E-state index >= 15 is 0 Å². The number of halogens is 1. The SMILES string of the molecule is ClC(Cc1ccccc1)c1ccc2ccccc2n1. The minimum Gasteiger partial charge on any atom is -0.251 e. The van der Waals surface area contributed by atoms with Crippen LogP contribution in [0.2, 0.25) is 0 Å². The Morgan fingerprint density at radius 3 is 2.42 bits per heavy atom. The summed E-state index contributed by atoms with van der Waals surface area (Å²) in [7, 11) is 0. The average Bonchev–Trinajstić information content (AvgIpc) is 2.48. The molecule has 0 saturated heterocycles. The number of para-hydroxylation sites is 1. The van der Waals surface area contributed by atoms with Gasteiger partial charge in [-0.2, -0.15) is 0 Å². The predicted octanol–water partition coefficient (Wildman–Crippen LogP) is 4.76. The van der Waals surface area contributed by atoms with Gasteiger partial charge in [0.2, 0.25) is 0 Å². The van der Waals surface area contributed by atoms with E-state index in [1.807, 2.05) is 42.5 Å². The topological polar surface area (TPSA) is 12.9 Å². The zero-order chi connectivity index (χ0) is 13.1. The normalized spacial score (nSPS) is 12.5. The molecule has 0 N–H and O–H groups in total. The number of pyridine rings is 1. The van der Waals surface area contributed by atoms with Crippen molar-refractivity contribution in [2.45, 2.75) is 11.8 Å². The summed E-state index contributed by atoms with van der Waals surface area (Å²) in [5, 5.41) is 1.06. The third-order valence-corrected chi connectivity index (χ3v) is 3.58. The van der Waals surface area contributed by atoms with E-state index < -0.39 is 0 Å². The average molecular weight is 268 g/mol. The van der Waals surface area contributed by atoms with Crippen LogP contribution >= 0.6 is 11.6 Å². The van der Waals surface area contributed by atoms with Crippen LogP contribution in [0.25, 0.3) is 10.9 Å². The highest BCUT2D eigenvalue weighted by atomic mass is 35.5. The van der Waals surface area contributed by atoms with E-state index in [1.165, 1.54) is 5.56 Å². The van der Waals surface area contributed by atoms with E-state index in [0.29, 0.717) is 0 Å². The summed E-state index contributed by atoms with van der Waals surface area (Å²) in [4.78, 5) is 4.64. The highest BCUT2D eigenvalue weighted by Crippen LogP contribution is 2.25. The van der Waals surface area contributed by atoms with Crippen LogP contribution in [0.5, 0.6) is 0 Å². The van der Waals surface area contributed by atoms with Crippen molar-refractivity contribution in [3.8, 4) is 0 Å². The molecule has 0 aliphatic heterocycles. The lowest BCUT2D eigenvalue weighted by Gasteiger charge is -2.10. The van der Waals surface area contributed by atoms with Crippen LogP contribution in [0.15, 0.2) is 66.7 Å². The summed E-state index contributed by atoms with van der Waals surface area (Å²) in [5.41, 5.74) is 3.17. The second-order valence-corrected chi connectivity index (χ2v) is 5.11. The van der Waals surface area contributed by atoms with Crippen LogP contribution in [-0.2, 0) is 6.42 Å². The molecular weight excluding hydrogens is 254 g/mol. The summed E-state index contributed by atoms with van der Waals surface area (Å²) in [5.74, 6) is 0. The van der Waals surface area contributed by atoms with Gasteiger partial charge in [-0.3, -0.25) is 4.98 Å². The molecule has 1 heterocycles. The second-order valence-electron chi connectivity index (χ2n) is 4.59. The molecule has 94 valence electrons. The summed E-state index contributed by atoms with van der Waals surface area (Å²) in [6.07, 6.45) is 0.799. The number of alkyl halides is 1. The largest absolute Gasteiger partial charge is 0.251 e. The number of aromatic nitrogens is 1. The molecule has 1 nitrogen and oxygen atoms in total. The molecule has 1 aromatic heterocycles. The molecule has 0 aliphatic carbocycles. The van der Waals surface area contributed by atoms with E-state index in [0.717, 1.165) is 23.0 Å². The first kappa shape index (κ1) is 12.2. The zero-order valence-electron chi connectivity index (χ0n) is 10.5. The van der Waals surface area contributed by atoms with Crippen molar-refractivity contribution in [3.63, 3.8) is 0 Å². The molecule has 2 heteroatoms. The highest BCUT2D eigenvalue weighted by molar-refractivity contribution is 6.20. The van der Waals surface area contributed by atoms with E-state index in [4.69, 9.17) is 11.6 Å². The van der Waals surface area contributed by atoms with Crippen LogP contribution in [0.4, 0.5) is 0 Å². The van der Waals surface area contributed by atoms with Crippen LogP contribution in [0.1, 0.15) is 16.6 Å². The summed E-state index contributed by atoms with van der Waals surface area (Å²) in [6, 6.07) is 22.5. The van der Waals surface area contributed by atoms with Gasteiger partial charge < -0.3 is 0 Å². The van der Waals surface area contributed by atoms with Crippen LogP contribution in [-0.4, -0.2) is 4.98 Å². The van der Waals surface area contributed by atoms with Gasteiger partial charge in [-0.15, -0.1) is 11.6 Å². The molecule has 2 aromatic carbocycles. The van der Waals surface area contributed by atoms with Crippen LogP contribution in [0.3, 0.4) is 0 Å². The maximum atomic E-state index is 6.48. The number of benzene rings is 2. The number of nitrogens with zero attached hydrogens (tertiary/aromatic N) is 1. The number of rotatable bonds is 3. The molecule has 1 atom stereocenters. The lowest BCUT2D eigenvalue weighted by molar-refractivity contribution is 0.885. The first-order valence-electron chi connectivity index (χ1n) is 6.36. The molecule has 3 rings (SSSR count). The van der Waals surface area contributed by atoms with Gasteiger partial charge in [0.05, 0.1) is 16.6 Å². The maximum Gasteiger partial charge on any atom is 0.0797 e. The lowest BCUT2D eigenvalue weighted by Crippen LogP contribution is -1.98. The molecule has 0 bridgehead atoms. The molecule has 0 radical (unpaired) electrons. The van der Waals surface area contributed by atoms with Crippen molar-refractivity contribution in [2.24, 2.45) is 0 Å². The first-order valence-corrected chi connectivity index (χ1v) is 6.80. The molecule has 19 heavy (non-hydrogen) atoms. The first-order chi connectivity index (χ1) is 9.33. The lowest BCUT2D eigenvalue weighted by atomic mass is 10.1. The third kappa shape index (κ3) is 2.77. The third-order valence-electron chi connectivity index (χ3n) is 3.20. The van der Waals surface area contributed by atoms with Crippen molar-refractivity contribution < 1.29 is 0 Å². The molecule has 0 aliphatic rings. The van der Waals surface area contributed by atoms with E-state index in [9.17, 15) is 0 Å². The Bertz CT molecular complexity index is 679. The fourth-order valence-electron chi connectivity index (χ4n) is 2.18. The molecule has 3 aromatic rings. The molecule has 0 saturated carbocycles. The standard InChI is InChI=1S/C17H14ClN/c18-15(12-13-6-2-1-3-7-13)17-11-10-14-8-4-5-9-16(14)19-17/h1-11,15H,12H2. The smallest absolute Gasteiger partial charge is 0.0797 e. The van der Waals surface area contributed by atoms with Gasteiger partial charge in [-0.05, 0) is 24.1 Å². The maximum absolute atomic E-state index is 6.48. The second kappa shape index (κ2) is 5.41. The van der Waals surface area contributed by atoms with Gasteiger partial charge in [0.1, 0.15) is 0 Å². The summed E-state index contributed by atoms with van der Waals surface area (Å²) >= 11 is 6.48. The van der Waals surface area contributed by atoms with Gasteiger partial charge >= 0.3 is 0 Å². The molecule has 1 unspecified atom stereocenters. The van der Waals surface area contributed by atoms with Crippen molar-refractivity contribution >= 4 is 22.5 Å². The monoisotopic (exact) mass is 267 g/mol. The van der Waals surface area contributed by atoms with Gasteiger partial charge in [0.15, 0.2) is 0 Å². The van der Waals surface area contributed by atoms with Gasteiger partial charge in [-0.1, -0.05) is 54.6 Å². The summed E-state index contributed by atoms with van der Waals surface area (Å²) in [6.45, 7) is 0. The van der Waals surface area contributed by atoms with Crippen LogP contribution < -0.4 is 0 Å². The Kier molecular flexibility index (Phi) is 3.47. The van der Waals surface area contributed by atoms with Crippen molar-refractivity contribution in [1.82, 2.24) is 4.98 Å². The van der Waals surface area contributed by atoms with Gasteiger partial charge in [-0.25, -0.2) is 0 Å². The molecular formula is C17H14ClN. The van der Waals surface area contributed by atoms with Crippen molar-refractivity contribution in [3.05, 3.63) is 78.0 Å². The number of hydrogen-bond donors (Lipinski definition) is 0. The Balaban J connectivity index is 1.87. The minimum absolute atomic E-state index is 0.0907. The molecule has 0 fully saturated rings. The quantitative estimate of drug-likeness (QED) is 0.624. The number of hydrogen-bond acceptors (Lipinski definition) is 1. The van der Waals surface area contributed by atoms with E-state index in [1.54, 1.807) is 0 Å². The van der Waals surface area contributed by atoms with Gasteiger partial charge in [0.25, 0.3) is 0 Å². The Morgan fingerprint density at radius 1 is 0.842 bits per heavy atom. The fraction of sp³-hybridized carbons (Fsp3) is 0.118. The Labute approximate surface area is 117 Å². The predicted molar refractivity (Wildman–Crippen MR) is 80.5 cm³/mol. The molecule has 0 amide bonds. The van der Waals surface area contributed by atoms with Crippen molar-refractivity contribution in [2.75, 3.05) is 0 Å². The fourth-order valence-corrected chi connectivity index (χ4v) is 2.48. The van der Waals surface area contributed by atoms with E-state index in [-0.39, 0.29) is 5.38 Å². The van der Waals surface area contributed by atoms with Crippen molar-refractivity contribution in [1.29, 1.82) is 0 Å². The highest BCUT2D eigenvalue weighted by Gasteiger charge is 2.10.